The van der Waals surface area contributed by atoms with Crippen molar-refractivity contribution in [1.29, 1.82) is 0 Å². The molecule has 0 saturated carbocycles. The second-order valence-electron chi connectivity index (χ2n) is 7.91. The molecule has 2 amide bonds. The Balaban J connectivity index is 1.65. The molecule has 9 heteroatoms. The Hall–Kier alpha value is -2.71. The number of benzene rings is 1. The lowest BCUT2D eigenvalue weighted by atomic mass is 10.1. The van der Waals surface area contributed by atoms with E-state index in [1.165, 1.54) is 11.3 Å². The van der Waals surface area contributed by atoms with Gasteiger partial charge in [0.15, 0.2) is 0 Å². The van der Waals surface area contributed by atoms with Crippen molar-refractivity contribution < 1.29 is 9.59 Å². The van der Waals surface area contributed by atoms with Crippen LogP contribution in [0.3, 0.4) is 0 Å². The third kappa shape index (κ3) is 5.71. The summed E-state index contributed by atoms with van der Waals surface area (Å²) in [6.45, 7) is 9.79. The first kappa shape index (κ1) is 23.0. The van der Waals surface area contributed by atoms with E-state index in [9.17, 15) is 9.59 Å². The van der Waals surface area contributed by atoms with Crippen molar-refractivity contribution in [2.75, 3.05) is 10.6 Å². The molecule has 1 atom stereocenters. The summed E-state index contributed by atoms with van der Waals surface area (Å²) in [6, 6.07) is 6.38. The average Bonchev–Trinajstić information content (AvgIpc) is 3.28. The Bertz CT molecular complexity index is 1110. The Morgan fingerprint density at radius 3 is 2.52 bits per heavy atom. The smallest absolute Gasteiger partial charge is 0.275 e. The third-order valence-electron chi connectivity index (χ3n) is 4.64. The van der Waals surface area contributed by atoms with Gasteiger partial charge in [-0.1, -0.05) is 25.4 Å². The first-order valence-electron chi connectivity index (χ1n) is 10.0. The van der Waals surface area contributed by atoms with Crippen molar-refractivity contribution in [1.82, 2.24) is 14.8 Å². The molecule has 3 rings (SSSR count). The molecule has 164 valence electrons. The lowest BCUT2D eigenvalue weighted by Gasteiger charge is -2.15. The molecule has 1 unspecified atom stereocenters. The third-order valence-corrected chi connectivity index (χ3v) is 5.83. The quantitative estimate of drug-likeness (QED) is 0.504. The maximum atomic E-state index is 12.6. The van der Waals surface area contributed by atoms with Crippen molar-refractivity contribution >= 4 is 46.1 Å². The summed E-state index contributed by atoms with van der Waals surface area (Å²) >= 11 is 7.83. The summed E-state index contributed by atoms with van der Waals surface area (Å²) in [5, 5.41) is 13.0. The van der Waals surface area contributed by atoms with Gasteiger partial charge in [-0.2, -0.15) is 5.10 Å². The summed E-state index contributed by atoms with van der Waals surface area (Å²) in [6.07, 6.45) is 0.841. The highest BCUT2D eigenvalue weighted by molar-refractivity contribution is 7.09. The van der Waals surface area contributed by atoms with E-state index in [1.54, 1.807) is 35.2 Å². The standard InChI is InChI=1S/C22H26ClN5O2S/c1-12(2)8-20-25-19(11-31-20)22(30)24-16-6-7-18(17(23)10-16)26-21(29)15(5)28-14(4)9-13(3)27-28/h6-7,9-12,15H,8H2,1-5H3,(H,24,30)(H,26,29). The van der Waals surface area contributed by atoms with Crippen LogP contribution in [0.1, 0.15) is 53.7 Å². The maximum absolute atomic E-state index is 12.6. The number of carbonyl (C=O) groups is 2. The van der Waals surface area contributed by atoms with Gasteiger partial charge in [-0.15, -0.1) is 11.3 Å². The number of anilines is 2. The van der Waals surface area contributed by atoms with E-state index in [-0.39, 0.29) is 11.8 Å². The van der Waals surface area contributed by atoms with E-state index in [4.69, 9.17) is 11.6 Å². The molecule has 0 fully saturated rings. The number of amides is 2. The molecule has 0 aliphatic carbocycles. The predicted molar refractivity (Wildman–Crippen MR) is 125 cm³/mol. The van der Waals surface area contributed by atoms with E-state index in [0.29, 0.717) is 28.0 Å². The largest absolute Gasteiger partial charge is 0.323 e. The molecule has 0 aliphatic rings. The minimum Gasteiger partial charge on any atom is -0.323 e. The number of rotatable bonds is 7. The minimum atomic E-state index is -0.492. The topological polar surface area (TPSA) is 88.9 Å². The number of thiazole rings is 1. The van der Waals surface area contributed by atoms with Gasteiger partial charge in [0.2, 0.25) is 5.91 Å². The zero-order chi connectivity index (χ0) is 22.7. The lowest BCUT2D eigenvalue weighted by molar-refractivity contribution is -0.119. The first-order chi connectivity index (χ1) is 14.6. The molecular formula is C22H26ClN5O2S. The molecule has 0 saturated heterocycles. The van der Waals surface area contributed by atoms with Crippen LogP contribution in [0.4, 0.5) is 11.4 Å². The highest BCUT2D eigenvalue weighted by atomic mass is 35.5. The van der Waals surface area contributed by atoms with Gasteiger partial charge in [-0.05, 0) is 51.0 Å². The molecule has 2 aromatic heterocycles. The van der Waals surface area contributed by atoms with Crippen LogP contribution >= 0.6 is 22.9 Å². The minimum absolute atomic E-state index is 0.231. The second-order valence-corrected chi connectivity index (χ2v) is 9.26. The van der Waals surface area contributed by atoms with Crippen LogP contribution < -0.4 is 10.6 Å². The van der Waals surface area contributed by atoms with Crippen molar-refractivity contribution in [3.8, 4) is 0 Å². The molecule has 7 nitrogen and oxygen atoms in total. The summed E-state index contributed by atoms with van der Waals surface area (Å²) in [5.41, 5.74) is 3.13. The summed E-state index contributed by atoms with van der Waals surface area (Å²) in [7, 11) is 0. The van der Waals surface area contributed by atoms with Crippen molar-refractivity contribution in [2.45, 2.75) is 47.1 Å². The number of nitrogens with zero attached hydrogens (tertiary/aromatic N) is 3. The normalized spacial score (nSPS) is 12.1. The fourth-order valence-corrected chi connectivity index (χ4v) is 4.35. The molecule has 0 aliphatic heterocycles. The summed E-state index contributed by atoms with van der Waals surface area (Å²) < 4.78 is 1.68. The van der Waals surface area contributed by atoms with Crippen molar-refractivity contribution in [3.05, 3.63) is 56.8 Å². The Morgan fingerprint density at radius 1 is 1.16 bits per heavy atom. The van der Waals surface area contributed by atoms with Gasteiger partial charge in [0.05, 0.1) is 21.4 Å². The molecule has 0 radical (unpaired) electrons. The van der Waals surface area contributed by atoms with Gasteiger partial charge in [0.25, 0.3) is 5.91 Å². The highest BCUT2D eigenvalue weighted by Gasteiger charge is 2.19. The second kappa shape index (κ2) is 9.62. The Labute approximate surface area is 190 Å². The van der Waals surface area contributed by atoms with E-state index in [2.05, 4.69) is 34.6 Å². The first-order valence-corrected chi connectivity index (χ1v) is 11.3. The number of nitrogens with one attached hydrogen (secondary N) is 2. The number of hydrogen-bond donors (Lipinski definition) is 2. The van der Waals surface area contributed by atoms with E-state index in [0.717, 1.165) is 22.8 Å². The van der Waals surface area contributed by atoms with Gasteiger partial charge < -0.3 is 10.6 Å². The number of aromatic nitrogens is 3. The van der Waals surface area contributed by atoms with Gasteiger partial charge in [-0.25, -0.2) is 4.98 Å². The van der Waals surface area contributed by atoms with E-state index >= 15 is 0 Å². The predicted octanol–water partition coefficient (Wildman–Crippen LogP) is 5.26. The van der Waals surface area contributed by atoms with Crippen LogP contribution in [0.25, 0.3) is 0 Å². The number of carbonyl (C=O) groups excluding carboxylic acids is 2. The molecule has 3 aromatic rings. The summed E-state index contributed by atoms with van der Waals surface area (Å²) in [5.74, 6) is -0.0464. The SMILES string of the molecule is Cc1cc(C)n(C(C)C(=O)Nc2ccc(NC(=O)c3csc(CC(C)C)n3)cc2Cl)n1. The van der Waals surface area contributed by atoms with Crippen molar-refractivity contribution in [3.63, 3.8) is 0 Å². The van der Waals surface area contributed by atoms with Gasteiger partial charge in [0, 0.05) is 23.2 Å². The number of aryl methyl sites for hydroxylation is 2. The molecule has 0 bridgehead atoms. The molecule has 1 aromatic carbocycles. The fourth-order valence-electron chi connectivity index (χ4n) is 3.13. The highest BCUT2D eigenvalue weighted by Crippen LogP contribution is 2.27. The average molecular weight is 460 g/mol. The fraction of sp³-hybridized carbons (Fsp3) is 0.364. The van der Waals surface area contributed by atoms with Crippen LogP contribution in [0.5, 0.6) is 0 Å². The molecule has 0 spiro atoms. The van der Waals surface area contributed by atoms with Gasteiger partial charge >= 0.3 is 0 Å². The Kier molecular flexibility index (Phi) is 7.12. The van der Waals surface area contributed by atoms with Gasteiger partial charge in [-0.3, -0.25) is 14.3 Å². The zero-order valence-electron chi connectivity index (χ0n) is 18.2. The van der Waals surface area contributed by atoms with Crippen molar-refractivity contribution in [2.24, 2.45) is 5.92 Å². The summed E-state index contributed by atoms with van der Waals surface area (Å²) in [4.78, 5) is 29.5. The Morgan fingerprint density at radius 2 is 1.90 bits per heavy atom. The molecule has 2 N–H and O–H groups in total. The monoisotopic (exact) mass is 459 g/mol. The van der Waals surface area contributed by atoms with E-state index < -0.39 is 6.04 Å². The molecule has 2 heterocycles. The van der Waals surface area contributed by atoms with Crippen LogP contribution in [-0.4, -0.2) is 26.6 Å². The van der Waals surface area contributed by atoms with Crippen LogP contribution in [0, 0.1) is 19.8 Å². The maximum Gasteiger partial charge on any atom is 0.275 e. The van der Waals surface area contributed by atoms with E-state index in [1.807, 2.05) is 19.9 Å². The van der Waals surface area contributed by atoms with Crippen LogP contribution in [0.2, 0.25) is 5.02 Å². The molecular weight excluding hydrogens is 434 g/mol. The number of hydrogen-bond acceptors (Lipinski definition) is 5. The lowest BCUT2D eigenvalue weighted by Crippen LogP contribution is -2.25. The van der Waals surface area contributed by atoms with Gasteiger partial charge in [0.1, 0.15) is 11.7 Å². The molecule has 31 heavy (non-hydrogen) atoms. The van der Waals surface area contributed by atoms with Crippen LogP contribution in [0.15, 0.2) is 29.6 Å². The van der Waals surface area contributed by atoms with Crippen LogP contribution in [-0.2, 0) is 11.2 Å². The number of halogens is 1. The zero-order valence-corrected chi connectivity index (χ0v) is 19.8.